The van der Waals surface area contributed by atoms with Crippen LogP contribution in [-0.2, 0) is 41.4 Å². The number of halogens is 3. The Labute approximate surface area is 542 Å². The molecule has 3 aliphatic rings. The molecule has 4 atom stereocenters. The lowest BCUT2D eigenvalue weighted by molar-refractivity contribution is -0.153. The van der Waals surface area contributed by atoms with Crippen molar-refractivity contribution in [2.75, 3.05) is 89.3 Å². The van der Waals surface area contributed by atoms with Crippen LogP contribution in [0.2, 0.25) is 0 Å². The van der Waals surface area contributed by atoms with Gasteiger partial charge in [-0.15, -0.1) is 11.3 Å². The van der Waals surface area contributed by atoms with E-state index >= 15 is 0 Å². The minimum atomic E-state index is -4.91. The molecule has 5 N–H and O–H groups in total. The average molecular weight is 1290 g/mol. The van der Waals surface area contributed by atoms with Gasteiger partial charge in [0.25, 0.3) is 5.91 Å². The van der Waals surface area contributed by atoms with Crippen molar-refractivity contribution in [2.24, 2.45) is 11.3 Å². The SMILES string of the molecule is Cc1ncsc1-c1ccc(C(C)NC(=O)[C@@H]2C[C@@H](OC(=O)C(C)C)CN2C(=O)C(NC(=O)CCCCCCCCCC(=O)NCCN2CCN(Cc3cccc(-c4ccc(N5CCN(C)CC5)c(NC(=O)c5c[nH]c(=O)cc5C(F)(F)F)c4)c3)CC2)C(C)(C)C)cc1. The number of benzene rings is 3. The average Bonchev–Trinajstić information content (AvgIpc) is 1.35. The van der Waals surface area contributed by atoms with Crippen molar-refractivity contribution in [3.8, 4) is 21.6 Å². The molecule has 2 aromatic heterocycles. The summed E-state index contributed by atoms with van der Waals surface area (Å²) in [5.41, 5.74) is 4.90. The molecular weight excluding hydrogens is 1200 g/mol. The zero-order valence-electron chi connectivity index (χ0n) is 54.5. The Bertz CT molecular complexity index is 3390. The van der Waals surface area contributed by atoms with Crippen molar-refractivity contribution < 1.29 is 46.7 Å². The Hall–Kier alpha value is -7.47. The molecule has 5 aromatic rings. The standard InChI is InChI=1S/C69H92F3N11O8S/c1-45(2)67(90)91-53-39-58(65(88)76-46(3)49-21-23-50(24-22-49)62-47(4)75-44-92-62)83(43-53)66(89)63(68(5,6)7)78-60(85)20-15-13-11-9-10-12-14-19-59(84)73-27-28-80-31-33-81(34-32-80)42-48-17-16-18-51(37-48)52-25-26-57(82-35-29-79(8)30-36-82)56(38-52)77-64(87)54-41-74-61(86)40-55(54)69(70,71)72/h16-18,21-26,37-38,40-41,44-46,53,58,63H,9-15,19-20,27-36,39,42-43H2,1-8H3,(H,73,84)(H,74,86)(H,76,88)(H,77,87)(H,78,85)/t46?,53-,58+,63?/m1/s1. The largest absolute Gasteiger partial charge is 0.460 e. The first kappa shape index (κ1) is 70.4. The number of likely N-dealkylation sites (tertiary alicyclic amines) is 1. The second-order valence-corrected chi connectivity index (χ2v) is 27.0. The summed E-state index contributed by atoms with van der Waals surface area (Å²) in [6, 6.07) is 19.9. The highest BCUT2D eigenvalue weighted by molar-refractivity contribution is 7.13. The molecule has 0 spiro atoms. The summed E-state index contributed by atoms with van der Waals surface area (Å²) < 4.78 is 47.7. The fourth-order valence-corrected chi connectivity index (χ4v) is 12.8. The first-order valence-corrected chi connectivity index (χ1v) is 33.3. The summed E-state index contributed by atoms with van der Waals surface area (Å²) in [5, 5.41) is 11.9. The number of esters is 1. The highest BCUT2D eigenvalue weighted by atomic mass is 32.1. The maximum absolute atomic E-state index is 14.5. The van der Waals surface area contributed by atoms with Crippen LogP contribution >= 0.6 is 11.3 Å². The van der Waals surface area contributed by atoms with E-state index in [1.807, 2.05) is 95.7 Å². The van der Waals surface area contributed by atoms with E-state index in [1.165, 1.54) is 4.90 Å². The van der Waals surface area contributed by atoms with E-state index in [0.29, 0.717) is 56.5 Å². The third kappa shape index (κ3) is 19.8. The van der Waals surface area contributed by atoms with Gasteiger partial charge in [0.2, 0.25) is 29.2 Å². The number of aromatic nitrogens is 2. The van der Waals surface area contributed by atoms with Crippen LogP contribution in [0.15, 0.2) is 89.3 Å². The Morgan fingerprint density at radius 2 is 1.40 bits per heavy atom. The van der Waals surface area contributed by atoms with Gasteiger partial charge >= 0.3 is 12.1 Å². The topological polar surface area (TPSA) is 222 Å². The Morgan fingerprint density at radius 1 is 0.761 bits per heavy atom. The van der Waals surface area contributed by atoms with E-state index in [-0.39, 0.29) is 49.1 Å². The van der Waals surface area contributed by atoms with Crippen LogP contribution in [0, 0.1) is 18.3 Å². The number of anilines is 2. The first-order valence-electron chi connectivity index (χ1n) is 32.4. The molecule has 2 unspecified atom stereocenters. The number of nitrogens with zero attached hydrogens (tertiary/aromatic N) is 6. The maximum Gasteiger partial charge on any atom is 0.417 e. The van der Waals surface area contributed by atoms with Crippen molar-refractivity contribution in [3.05, 3.63) is 123 Å². The van der Waals surface area contributed by atoms with E-state index < -0.39 is 64.2 Å². The monoisotopic (exact) mass is 1290 g/mol. The van der Waals surface area contributed by atoms with Crippen LogP contribution in [0.5, 0.6) is 0 Å². The van der Waals surface area contributed by atoms with Gasteiger partial charge in [-0.2, -0.15) is 13.2 Å². The molecule has 19 nitrogen and oxygen atoms in total. The van der Waals surface area contributed by atoms with Crippen molar-refractivity contribution in [1.82, 2.24) is 45.5 Å². The number of rotatable bonds is 27. The number of alkyl halides is 3. The van der Waals surface area contributed by atoms with Crippen LogP contribution in [0.3, 0.4) is 0 Å². The molecule has 8 rings (SSSR count). The quantitative estimate of drug-likeness (QED) is 0.0244. The number of hydrogen-bond acceptors (Lipinski definition) is 14. The second kappa shape index (κ2) is 32.4. The summed E-state index contributed by atoms with van der Waals surface area (Å²) in [6.07, 6.45) is 2.18. The normalized spacial score (nSPS) is 17.5. The fourth-order valence-electron chi connectivity index (χ4n) is 12.0. The lowest BCUT2D eigenvalue weighted by Gasteiger charge is -2.35. The molecule has 3 saturated heterocycles. The number of unbranched alkanes of at least 4 members (excludes halogenated alkanes) is 6. The van der Waals surface area contributed by atoms with Gasteiger partial charge in [0.05, 0.1) is 57.1 Å². The molecule has 3 fully saturated rings. The summed E-state index contributed by atoms with van der Waals surface area (Å²) >= 11 is 1.57. The number of amides is 5. The molecular formula is C69H92F3N11O8S. The van der Waals surface area contributed by atoms with Gasteiger partial charge in [-0.05, 0) is 85.2 Å². The molecule has 5 heterocycles. The summed E-state index contributed by atoms with van der Waals surface area (Å²) in [6.45, 7) is 21.3. The summed E-state index contributed by atoms with van der Waals surface area (Å²) in [7, 11) is 2.02. The van der Waals surface area contributed by atoms with E-state index in [1.54, 1.807) is 31.3 Å². The van der Waals surface area contributed by atoms with Crippen LogP contribution < -0.4 is 31.7 Å². The number of pyridine rings is 1. The van der Waals surface area contributed by atoms with Crippen LogP contribution in [0.1, 0.15) is 145 Å². The number of likely N-dealkylation sites (N-methyl/N-ethyl adjacent to an activating group) is 1. The molecule has 3 aliphatic heterocycles. The highest BCUT2D eigenvalue weighted by Gasteiger charge is 2.46. The third-order valence-electron chi connectivity index (χ3n) is 17.6. The lowest BCUT2D eigenvalue weighted by atomic mass is 9.85. The van der Waals surface area contributed by atoms with Gasteiger partial charge in [0, 0.05) is 104 Å². The number of H-pyrrole nitrogens is 1. The van der Waals surface area contributed by atoms with Gasteiger partial charge in [-0.3, -0.25) is 43.4 Å². The third-order valence-corrected chi connectivity index (χ3v) is 18.5. The molecule has 0 bridgehead atoms. The van der Waals surface area contributed by atoms with Crippen LogP contribution in [0.25, 0.3) is 21.6 Å². The number of hydrogen-bond donors (Lipinski definition) is 5. The summed E-state index contributed by atoms with van der Waals surface area (Å²) in [5.74, 6) is -2.73. The molecule has 498 valence electrons. The Balaban J connectivity index is 0.712. The molecule has 3 aromatic carbocycles. The molecule has 0 radical (unpaired) electrons. The number of nitrogens with one attached hydrogen (secondary N) is 5. The van der Waals surface area contributed by atoms with Gasteiger partial charge in [-0.25, -0.2) is 4.98 Å². The highest BCUT2D eigenvalue weighted by Crippen LogP contribution is 2.36. The van der Waals surface area contributed by atoms with Crippen molar-refractivity contribution in [1.29, 1.82) is 0 Å². The zero-order valence-corrected chi connectivity index (χ0v) is 55.3. The Morgan fingerprint density at radius 3 is 2.04 bits per heavy atom. The molecule has 5 amide bonds. The van der Waals surface area contributed by atoms with E-state index in [0.717, 1.165) is 129 Å². The van der Waals surface area contributed by atoms with Crippen LogP contribution in [-0.4, -0.2) is 162 Å². The van der Waals surface area contributed by atoms with Crippen molar-refractivity contribution in [2.45, 2.75) is 150 Å². The van der Waals surface area contributed by atoms with Crippen molar-refractivity contribution in [3.63, 3.8) is 0 Å². The number of aryl methyl sites for hydroxylation is 1. The second-order valence-electron chi connectivity index (χ2n) is 26.2. The fraction of sp³-hybridized carbons (Fsp3) is 0.536. The molecule has 0 aliphatic carbocycles. The minimum absolute atomic E-state index is 0.0329. The van der Waals surface area contributed by atoms with E-state index in [9.17, 15) is 46.7 Å². The minimum Gasteiger partial charge on any atom is -0.460 e. The van der Waals surface area contributed by atoms with E-state index in [4.69, 9.17) is 4.74 Å². The van der Waals surface area contributed by atoms with Gasteiger partial charge in [0.15, 0.2) is 0 Å². The number of piperazine rings is 2. The van der Waals surface area contributed by atoms with Gasteiger partial charge in [0.1, 0.15) is 18.2 Å². The van der Waals surface area contributed by atoms with Gasteiger partial charge < -0.3 is 45.7 Å². The smallest absolute Gasteiger partial charge is 0.417 e. The number of carbonyl (C=O) groups excluding carboxylic acids is 6. The predicted octanol–water partition coefficient (Wildman–Crippen LogP) is 9.82. The number of thiazole rings is 1. The summed E-state index contributed by atoms with van der Waals surface area (Å²) in [4.78, 5) is 111. The van der Waals surface area contributed by atoms with Crippen LogP contribution in [0.4, 0.5) is 24.5 Å². The van der Waals surface area contributed by atoms with E-state index in [2.05, 4.69) is 63.0 Å². The molecule has 23 heteroatoms. The number of aromatic amines is 1. The molecule has 0 saturated carbocycles. The Kier molecular flexibility index (Phi) is 24.8. The lowest BCUT2D eigenvalue weighted by Crippen LogP contribution is -2.57. The number of ether oxygens (including phenoxy) is 1. The van der Waals surface area contributed by atoms with Crippen molar-refractivity contribution >= 4 is 58.2 Å². The maximum atomic E-state index is 14.5. The number of carbonyl (C=O) groups is 6. The zero-order chi connectivity index (χ0) is 66.3. The van der Waals surface area contributed by atoms with Gasteiger partial charge in [-0.1, -0.05) is 115 Å². The predicted molar refractivity (Wildman–Crippen MR) is 353 cm³/mol. The molecule has 92 heavy (non-hydrogen) atoms. The first-order chi connectivity index (χ1) is 43.8.